The van der Waals surface area contributed by atoms with Crippen LogP contribution in [0.15, 0.2) is 97.2 Å². The zero-order valence-electron chi connectivity index (χ0n) is 54.2. The van der Waals surface area contributed by atoms with Crippen molar-refractivity contribution in [3.05, 3.63) is 97.2 Å². The van der Waals surface area contributed by atoms with E-state index < -0.39 is 20.0 Å². The lowest BCUT2D eigenvalue weighted by Gasteiger charge is -2.27. The number of nitrogens with one attached hydrogen (secondary N) is 1. The summed E-state index contributed by atoms with van der Waals surface area (Å²) in [7, 11) is 1.47. The minimum absolute atomic E-state index is 0.0310. The molecule has 0 aliphatic rings. The van der Waals surface area contributed by atoms with E-state index in [9.17, 15) is 19.0 Å². The molecule has 474 valence electrons. The third-order valence-corrected chi connectivity index (χ3v) is 15.7. The van der Waals surface area contributed by atoms with Gasteiger partial charge >= 0.3 is 13.8 Å². The lowest BCUT2D eigenvalue weighted by Crippen LogP contribution is -2.47. The number of esters is 1. The maximum Gasteiger partial charge on any atom is 0.472 e. The van der Waals surface area contributed by atoms with E-state index in [1.165, 1.54) is 154 Å². The van der Waals surface area contributed by atoms with Gasteiger partial charge in [0.15, 0.2) is 0 Å². The van der Waals surface area contributed by atoms with Crippen LogP contribution in [-0.2, 0) is 27.9 Å². The third kappa shape index (κ3) is 61.5. The molecule has 0 fully saturated rings. The van der Waals surface area contributed by atoms with Gasteiger partial charge in [-0.15, -0.1) is 0 Å². The average Bonchev–Trinajstić information content (AvgIpc) is 3.47. The fourth-order valence-corrected chi connectivity index (χ4v) is 10.3. The second-order valence-electron chi connectivity index (χ2n) is 24.0. The van der Waals surface area contributed by atoms with Crippen molar-refractivity contribution in [1.29, 1.82) is 0 Å². The van der Waals surface area contributed by atoms with Crippen LogP contribution in [0.4, 0.5) is 0 Å². The number of hydrogen-bond acceptors (Lipinski definition) is 6. The number of allylic oxidation sites excluding steroid dienone is 15. The van der Waals surface area contributed by atoms with Gasteiger partial charge in [-0.05, 0) is 109 Å². The standard InChI is InChI=1S/C72H129N2O7P/c1-7-10-13-16-19-22-25-28-30-32-34-36-37-39-40-42-44-46-49-52-55-58-61-64-71(75)73-69(68-80-82(77,78)79-67-66-74(4,5)6)70(63-60-57-54-51-48-27-24-21-18-15-12-9-3)81-72(76)65-62-59-56-53-50-47-45-43-41-38-35-33-31-29-26-23-20-17-14-11-8-2/h10,13,19,22,28-31,34,36,39-40,44,46,60,63,69-70H,7-9,11-12,14-18,20-21,23-27,32-33,35,37-38,41-43,45,47-59,61-62,64-68H2,1-6H3,(H-,73,75,77,78)/p+1/b13-10-,22-19-,30-28-,31-29+,36-34-,40-39-,46-44-,63-60+. The molecule has 3 unspecified atom stereocenters. The molecule has 0 heterocycles. The van der Waals surface area contributed by atoms with Gasteiger partial charge in [-0.2, -0.15) is 0 Å². The Morgan fingerprint density at radius 2 is 0.780 bits per heavy atom. The number of quaternary nitrogens is 1. The molecule has 0 saturated heterocycles. The minimum Gasteiger partial charge on any atom is -0.456 e. The first kappa shape index (κ1) is 78.9. The van der Waals surface area contributed by atoms with Crippen molar-refractivity contribution >= 4 is 19.7 Å². The zero-order chi connectivity index (χ0) is 60.0. The topological polar surface area (TPSA) is 111 Å². The summed E-state index contributed by atoms with van der Waals surface area (Å²) < 4.78 is 30.8. The van der Waals surface area contributed by atoms with Gasteiger partial charge in [-0.3, -0.25) is 18.6 Å². The molecule has 0 spiro atoms. The number of rotatable bonds is 61. The van der Waals surface area contributed by atoms with Gasteiger partial charge in [-0.1, -0.05) is 272 Å². The van der Waals surface area contributed by atoms with Crippen molar-refractivity contribution in [2.24, 2.45) is 0 Å². The maximum atomic E-state index is 13.6. The second kappa shape index (κ2) is 61.0. The summed E-state index contributed by atoms with van der Waals surface area (Å²) in [6.45, 7) is 6.89. The summed E-state index contributed by atoms with van der Waals surface area (Å²) >= 11 is 0. The Bertz CT molecular complexity index is 1720. The molecule has 0 radical (unpaired) electrons. The molecule has 10 heteroatoms. The quantitative estimate of drug-likeness (QED) is 0.0205. The number of nitrogens with zero attached hydrogens (tertiary/aromatic N) is 1. The van der Waals surface area contributed by atoms with Gasteiger partial charge in [0, 0.05) is 12.8 Å². The fraction of sp³-hybridized carbons (Fsp3) is 0.750. The molecule has 0 aliphatic heterocycles. The van der Waals surface area contributed by atoms with Crippen LogP contribution >= 0.6 is 7.82 Å². The van der Waals surface area contributed by atoms with Crippen LogP contribution < -0.4 is 5.32 Å². The molecule has 1 amide bonds. The van der Waals surface area contributed by atoms with Crippen LogP contribution in [0.2, 0.25) is 0 Å². The Hall–Kier alpha value is -3.07. The molecule has 0 bridgehead atoms. The number of likely N-dealkylation sites (N-methyl/N-ethyl adjacent to an activating group) is 1. The first-order chi connectivity index (χ1) is 39.9. The maximum absolute atomic E-state index is 13.6. The normalized spacial score (nSPS) is 14.2. The third-order valence-electron chi connectivity index (χ3n) is 14.8. The molecule has 0 rings (SSSR count). The monoisotopic (exact) mass is 1170 g/mol. The van der Waals surface area contributed by atoms with Crippen molar-refractivity contribution in [2.75, 3.05) is 40.9 Å². The largest absolute Gasteiger partial charge is 0.472 e. The summed E-state index contributed by atoms with van der Waals surface area (Å²) in [5.41, 5.74) is 0. The second-order valence-corrected chi connectivity index (χ2v) is 25.4. The Labute approximate surface area is 507 Å². The van der Waals surface area contributed by atoms with E-state index in [4.69, 9.17) is 13.8 Å². The molecule has 82 heavy (non-hydrogen) atoms. The molecule has 3 atom stereocenters. The van der Waals surface area contributed by atoms with Crippen LogP contribution in [0.3, 0.4) is 0 Å². The average molecular weight is 1170 g/mol. The predicted octanol–water partition coefficient (Wildman–Crippen LogP) is 21.5. The van der Waals surface area contributed by atoms with E-state index in [1.54, 1.807) is 0 Å². The smallest absolute Gasteiger partial charge is 0.456 e. The summed E-state index contributed by atoms with van der Waals surface area (Å²) in [6.07, 6.45) is 82.7. The van der Waals surface area contributed by atoms with Gasteiger partial charge < -0.3 is 19.4 Å². The Morgan fingerprint density at radius 1 is 0.439 bits per heavy atom. The zero-order valence-corrected chi connectivity index (χ0v) is 55.1. The number of hydrogen-bond donors (Lipinski definition) is 2. The van der Waals surface area contributed by atoms with Crippen molar-refractivity contribution in [2.45, 2.75) is 309 Å². The Kier molecular flexibility index (Phi) is 58.7. The van der Waals surface area contributed by atoms with Gasteiger partial charge in [-0.25, -0.2) is 4.57 Å². The van der Waals surface area contributed by atoms with E-state index in [2.05, 4.69) is 111 Å². The summed E-state index contributed by atoms with van der Waals surface area (Å²) in [6, 6.07) is -0.868. The highest BCUT2D eigenvalue weighted by molar-refractivity contribution is 7.47. The number of amides is 1. The van der Waals surface area contributed by atoms with E-state index in [0.717, 1.165) is 103 Å². The van der Waals surface area contributed by atoms with Gasteiger partial charge in [0.1, 0.15) is 19.3 Å². The van der Waals surface area contributed by atoms with Crippen molar-refractivity contribution in [1.82, 2.24) is 5.32 Å². The number of unbranched alkanes of at least 4 members (excludes halogenated alkanes) is 31. The van der Waals surface area contributed by atoms with Crippen LogP contribution in [-0.4, -0.2) is 74.3 Å². The van der Waals surface area contributed by atoms with Crippen LogP contribution in [0.5, 0.6) is 0 Å². The van der Waals surface area contributed by atoms with Crippen LogP contribution in [0, 0.1) is 0 Å². The summed E-state index contributed by atoms with van der Waals surface area (Å²) in [4.78, 5) is 37.8. The van der Waals surface area contributed by atoms with Crippen LogP contribution in [0.25, 0.3) is 0 Å². The number of carbonyl (C=O) groups is 2. The molecule has 0 aromatic carbocycles. The molecular weight excluding hydrogens is 1040 g/mol. The molecule has 0 saturated carbocycles. The summed E-state index contributed by atoms with van der Waals surface area (Å²) in [5.74, 6) is -0.533. The van der Waals surface area contributed by atoms with Gasteiger partial charge in [0.05, 0.1) is 33.8 Å². The van der Waals surface area contributed by atoms with E-state index >= 15 is 0 Å². The predicted molar refractivity (Wildman–Crippen MR) is 355 cm³/mol. The summed E-state index contributed by atoms with van der Waals surface area (Å²) in [5, 5.41) is 3.05. The lowest BCUT2D eigenvalue weighted by molar-refractivity contribution is -0.870. The highest BCUT2D eigenvalue weighted by Gasteiger charge is 2.30. The van der Waals surface area contributed by atoms with Crippen molar-refractivity contribution in [3.8, 4) is 0 Å². The van der Waals surface area contributed by atoms with Gasteiger partial charge in [0.25, 0.3) is 0 Å². The molecule has 0 aromatic rings. The van der Waals surface area contributed by atoms with Crippen LogP contribution in [0.1, 0.15) is 297 Å². The van der Waals surface area contributed by atoms with Crippen molar-refractivity contribution < 1.29 is 37.3 Å². The fourth-order valence-electron chi connectivity index (χ4n) is 9.53. The number of phosphoric ester groups is 1. The van der Waals surface area contributed by atoms with Crippen molar-refractivity contribution in [3.63, 3.8) is 0 Å². The Balaban J connectivity index is 5.20. The highest BCUT2D eigenvalue weighted by atomic mass is 31.2. The number of phosphoric acid groups is 1. The van der Waals surface area contributed by atoms with E-state index in [1.807, 2.05) is 33.3 Å². The molecular formula is C72H130N2O7P+. The van der Waals surface area contributed by atoms with Gasteiger partial charge in [0.2, 0.25) is 5.91 Å². The minimum atomic E-state index is -4.47. The molecule has 9 nitrogen and oxygen atoms in total. The SMILES string of the molecule is CC/C=C\C/C=C\C/C=C\C/C=C\C/C=C\C/C=C\CCCCCCC(=O)NC(COP(=O)(O)OCC[N+](C)(C)C)C(/C=C/CCCCCCCCCCCC)OC(=O)CCCCCCCCCCCCC/C=C/CCCCCCCC. The van der Waals surface area contributed by atoms with E-state index in [0.29, 0.717) is 23.9 Å². The Morgan fingerprint density at radius 3 is 1.18 bits per heavy atom. The molecule has 0 aliphatic carbocycles. The number of carbonyl (C=O) groups excluding carboxylic acids is 2. The van der Waals surface area contributed by atoms with E-state index in [-0.39, 0.29) is 31.5 Å². The first-order valence-corrected chi connectivity index (χ1v) is 35.6. The highest BCUT2D eigenvalue weighted by Crippen LogP contribution is 2.43. The molecule has 0 aromatic heterocycles. The first-order valence-electron chi connectivity index (χ1n) is 34.1. The lowest BCUT2D eigenvalue weighted by atomic mass is 10.0. The molecule has 2 N–H and O–H groups in total. The number of ether oxygens (including phenoxy) is 1.